The lowest BCUT2D eigenvalue weighted by molar-refractivity contribution is -0.147. The smallest absolute Gasteiger partial charge is 0.308 e. The van der Waals surface area contributed by atoms with Gasteiger partial charge in [0.1, 0.15) is 0 Å². The molecule has 0 amide bonds. The van der Waals surface area contributed by atoms with Crippen molar-refractivity contribution in [2.45, 2.75) is 48.8 Å². The number of carbonyl (C=O) groups excluding carboxylic acids is 1. The van der Waals surface area contributed by atoms with Crippen molar-refractivity contribution >= 4 is 17.7 Å². The van der Waals surface area contributed by atoms with E-state index in [2.05, 4.69) is 24.5 Å². The summed E-state index contributed by atoms with van der Waals surface area (Å²) in [5, 5.41) is 0. The van der Waals surface area contributed by atoms with Crippen LogP contribution < -0.4 is 0 Å². The second-order valence-electron chi connectivity index (χ2n) is 6.10. The summed E-state index contributed by atoms with van der Waals surface area (Å²) in [4.78, 5) is 13.1. The average Bonchev–Trinajstić information content (AvgIpc) is 2.85. The summed E-state index contributed by atoms with van der Waals surface area (Å²) in [5.74, 6) is 0.106. The van der Waals surface area contributed by atoms with Crippen LogP contribution in [0.5, 0.6) is 0 Å². The molecule has 3 rings (SSSR count). The number of methoxy groups -OCH3 is 1. The van der Waals surface area contributed by atoms with Crippen LogP contribution in [0.1, 0.15) is 43.2 Å². The van der Waals surface area contributed by atoms with E-state index >= 15 is 0 Å². The second-order valence-corrected chi connectivity index (χ2v) is 6.98. The highest BCUT2D eigenvalue weighted by Gasteiger charge is 2.43. The zero-order chi connectivity index (χ0) is 14.2. The highest BCUT2D eigenvalue weighted by atomic mass is 32.2. The van der Waals surface area contributed by atoms with Crippen LogP contribution in [-0.2, 0) is 21.4 Å². The summed E-state index contributed by atoms with van der Waals surface area (Å²) >= 11 is 1.82. The molecule has 0 bridgehead atoms. The second kappa shape index (κ2) is 5.44. The number of rotatable bonds is 2. The Kier molecular flexibility index (Phi) is 3.80. The number of ether oxygens (including phenoxy) is 1. The number of benzene rings is 1. The lowest BCUT2D eigenvalue weighted by atomic mass is 9.67. The van der Waals surface area contributed by atoms with E-state index in [9.17, 15) is 4.79 Å². The van der Waals surface area contributed by atoms with Crippen LogP contribution in [0.2, 0.25) is 0 Å². The largest absolute Gasteiger partial charge is 0.469 e. The van der Waals surface area contributed by atoms with Crippen LogP contribution in [0.15, 0.2) is 23.1 Å². The third-order valence-corrected chi connectivity index (χ3v) is 5.96. The van der Waals surface area contributed by atoms with Crippen LogP contribution in [-0.4, -0.2) is 19.3 Å². The van der Waals surface area contributed by atoms with E-state index in [4.69, 9.17) is 4.74 Å². The molecule has 1 spiro atoms. The van der Waals surface area contributed by atoms with Crippen molar-refractivity contribution in [2.24, 2.45) is 5.92 Å². The van der Waals surface area contributed by atoms with Crippen LogP contribution in [0.3, 0.4) is 0 Å². The van der Waals surface area contributed by atoms with E-state index in [1.54, 1.807) is 5.56 Å². The summed E-state index contributed by atoms with van der Waals surface area (Å²) in [6.45, 7) is 0. The van der Waals surface area contributed by atoms with Gasteiger partial charge in [0.25, 0.3) is 0 Å². The summed E-state index contributed by atoms with van der Waals surface area (Å²) in [6.07, 6.45) is 8.83. The Balaban J connectivity index is 1.82. The lowest BCUT2D eigenvalue weighted by Gasteiger charge is -2.37. The highest BCUT2D eigenvalue weighted by Crippen LogP contribution is 2.50. The molecular weight excluding hydrogens is 268 g/mol. The minimum atomic E-state index is -0.0177. The first-order chi connectivity index (χ1) is 9.68. The number of hydrogen-bond donors (Lipinski definition) is 0. The zero-order valence-corrected chi connectivity index (χ0v) is 13.1. The molecule has 3 heteroatoms. The predicted octanol–water partition coefficient (Wildman–Crippen LogP) is 3.96. The van der Waals surface area contributed by atoms with Gasteiger partial charge >= 0.3 is 5.97 Å². The SMILES string of the molecule is COC(=O)C1CCC2(CCc3ccc(SC)cc32)CC1. The van der Waals surface area contributed by atoms with Gasteiger partial charge in [-0.05, 0) is 73.5 Å². The van der Waals surface area contributed by atoms with E-state index in [1.165, 1.54) is 30.4 Å². The normalized spacial score (nSPS) is 28.4. The Hall–Kier alpha value is -0.960. The first kappa shape index (κ1) is 14.0. The van der Waals surface area contributed by atoms with Crippen molar-refractivity contribution in [1.82, 2.24) is 0 Å². The molecular formula is C17H22O2S. The Labute approximate surface area is 125 Å². The Morgan fingerprint density at radius 1 is 1.30 bits per heavy atom. The van der Waals surface area contributed by atoms with Gasteiger partial charge in [-0.1, -0.05) is 6.07 Å². The minimum Gasteiger partial charge on any atom is -0.469 e. The van der Waals surface area contributed by atoms with Gasteiger partial charge in [0.2, 0.25) is 0 Å². The van der Waals surface area contributed by atoms with Gasteiger partial charge in [0.05, 0.1) is 13.0 Å². The fourth-order valence-electron chi connectivity index (χ4n) is 3.99. The van der Waals surface area contributed by atoms with Gasteiger partial charge < -0.3 is 4.74 Å². The fraction of sp³-hybridized carbons (Fsp3) is 0.588. The number of hydrogen-bond acceptors (Lipinski definition) is 3. The van der Waals surface area contributed by atoms with E-state index in [1.807, 2.05) is 11.8 Å². The van der Waals surface area contributed by atoms with Crippen molar-refractivity contribution < 1.29 is 9.53 Å². The predicted molar refractivity (Wildman–Crippen MR) is 82.2 cm³/mol. The molecule has 0 N–H and O–H groups in total. The van der Waals surface area contributed by atoms with Crippen LogP contribution in [0.4, 0.5) is 0 Å². The van der Waals surface area contributed by atoms with Crippen molar-refractivity contribution in [1.29, 1.82) is 0 Å². The zero-order valence-electron chi connectivity index (χ0n) is 12.3. The van der Waals surface area contributed by atoms with Crippen molar-refractivity contribution in [3.8, 4) is 0 Å². The fourth-order valence-corrected chi connectivity index (χ4v) is 4.43. The number of esters is 1. The van der Waals surface area contributed by atoms with Gasteiger partial charge in [-0.2, -0.15) is 0 Å². The first-order valence-corrected chi connectivity index (χ1v) is 8.66. The maximum atomic E-state index is 11.7. The molecule has 108 valence electrons. The number of thioether (sulfide) groups is 1. The number of aryl methyl sites for hydroxylation is 1. The molecule has 0 radical (unpaired) electrons. The molecule has 2 nitrogen and oxygen atoms in total. The molecule has 0 atom stereocenters. The average molecular weight is 290 g/mol. The number of fused-ring (bicyclic) bond motifs is 2. The maximum absolute atomic E-state index is 11.7. The van der Waals surface area contributed by atoms with Crippen molar-refractivity contribution in [3.63, 3.8) is 0 Å². The van der Waals surface area contributed by atoms with E-state index in [0.29, 0.717) is 5.41 Å². The molecule has 1 aromatic rings. The van der Waals surface area contributed by atoms with Gasteiger partial charge in [0, 0.05) is 4.90 Å². The lowest BCUT2D eigenvalue weighted by Crippen LogP contribution is -2.32. The topological polar surface area (TPSA) is 26.3 Å². The Morgan fingerprint density at radius 2 is 2.05 bits per heavy atom. The minimum absolute atomic E-state index is 0.0177. The molecule has 1 saturated carbocycles. The number of carbonyl (C=O) groups is 1. The van der Waals surface area contributed by atoms with Crippen LogP contribution in [0, 0.1) is 5.92 Å². The molecule has 0 aliphatic heterocycles. The molecule has 0 unspecified atom stereocenters. The van der Waals surface area contributed by atoms with E-state index < -0.39 is 0 Å². The monoisotopic (exact) mass is 290 g/mol. The van der Waals surface area contributed by atoms with Crippen molar-refractivity contribution in [2.75, 3.05) is 13.4 Å². The first-order valence-electron chi connectivity index (χ1n) is 7.44. The molecule has 0 saturated heterocycles. The standard InChI is InChI=1S/C17H22O2S/c1-19-16(18)13-6-9-17(10-7-13)8-5-12-3-4-14(20-2)11-15(12)17/h3-4,11,13H,5-10H2,1-2H3. The molecule has 2 aliphatic carbocycles. The van der Waals surface area contributed by atoms with Gasteiger partial charge in [-0.3, -0.25) is 4.79 Å². The quantitative estimate of drug-likeness (QED) is 0.609. The van der Waals surface area contributed by atoms with Gasteiger partial charge in [0.15, 0.2) is 0 Å². The molecule has 20 heavy (non-hydrogen) atoms. The molecule has 0 heterocycles. The molecule has 1 fully saturated rings. The molecule has 0 aromatic heterocycles. The molecule has 2 aliphatic rings. The highest BCUT2D eigenvalue weighted by molar-refractivity contribution is 7.98. The third-order valence-electron chi connectivity index (χ3n) is 5.24. The maximum Gasteiger partial charge on any atom is 0.308 e. The van der Waals surface area contributed by atoms with E-state index in [-0.39, 0.29) is 11.9 Å². The summed E-state index contributed by atoms with van der Waals surface area (Å²) in [7, 11) is 1.50. The Morgan fingerprint density at radius 3 is 2.70 bits per heavy atom. The van der Waals surface area contributed by atoms with Gasteiger partial charge in [-0.15, -0.1) is 11.8 Å². The van der Waals surface area contributed by atoms with Crippen LogP contribution in [0.25, 0.3) is 0 Å². The summed E-state index contributed by atoms with van der Waals surface area (Å²) in [5.41, 5.74) is 3.43. The molecule has 1 aromatic carbocycles. The summed E-state index contributed by atoms with van der Waals surface area (Å²) in [6, 6.07) is 6.94. The summed E-state index contributed by atoms with van der Waals surface area (Å²) < 4.78 is 4.90. The van der Waals surface area contributed by atoms with Gasteiger partial charge in [-0.25, -0.2) is 0 Å². The third kappa shape index (κ3) is 2.26. The van der Waals surface area contributed by atoms with Crippen molar-refractivity contribution in [3.05, 3.63) is 29.3 Å². The van der Waals surface area contributed by atoms with Crippen LogP contribution >= 0.6 is 11.8 Å². The Bertz CT molecular complexity index is 516. The van der Waals surface area contributed by atoms with E-state index in [0.717, 1.165) is 25.7 Å².